The van der Waals surface area contributed by atoms with Crippen molar-refractivity contribution in [3.63, 3.8) is 0 Å². The van der Waals surface area contributed by atoms with Gasteiger partial charge in [-0.25, -0.2) is 0 Å². The van der Waals surface area contributed by atoms with Crippen molar-refractivity contribution in [3.8, 4) is 0 Å². The van der Waals surface area contributed by atoms with Gasteiger partial charge in [-0.3, -0.25) is 9.59 Å². The van der Waals surface area contributed by atoms with Crippen LogP contribution in [0.25, 0.3) is 0 Å². The van der Waals surface area contributed by atoms with E-state index >= 15 is 0 Å². The molecule has 0 aliphatic carbocycles. The predicted octanol–water partition coefficient (Wildman–Crippen LogP) is 11.3. The van der Waals surface area contributed by atoms with Gasteiger partial charge in [-0.2, -0.15) is 0 Å². The van der Waals surface area contributed by atoms with Crippen molar-refractivity contribution in [1.29, 1.82) is 0 Å². The van der Waals surface area contributed by atoms with E-state index in [9.17, 15) is 9.59 Å². The molecule has 0 N–H and O–H groups in total. The monoisotopic (exact) mass is 581 g/mol. The Bertz CT molecular complexity index is 614. The molecule has 0 bridgehead atoms. The Hall–Kier alpha value is -1.06. The van der Waals surface area contributed by atoms with Gasteiger partial charge in [0.25, 0.3) is 0 Å². The number of carbonyl (C=O) groups is 2. The normalized spacial score (nSPS) is 14.7. The Labute approximate surface area is 256 Å². The van der Waals surface area contributed by atoms with Crippen molar-refractivity contribution in [2.45, 2.75) is 177 Å². The lowest BCUT2D eigenvalue weighted by Gasteiger charge is -2.32. The first-order valence-electron chi connectivity index (χ1n) is 18.0. The molecule has 0 radical (unpaired) electrons. The highest BCUT2D eigenvalue weighted by Crippen LogP contribution is 2.33. The molecule has 4 heteroatoms. The first-order chi connectivity index (χ1) is 19.7. The van der Waals surface area contributed by atoms with Crippen molar-refractivity contribution >= 4 is 11.9 Å². The maximum atomic E-state index is 13.2. The van der Waals surface area contributed by atoms with Crippen LogP contribution in [0.15, 0.2) is 0 Å². The first kappa shape index (κ1) is 39.9. The lowest BCUT2D eigenvalue weighted by molar-refractivity contribution is -0.155. The summed E-state index contributed by atoms with van der Waals surface area (Å²) in [5.74, 6) is 2.26. The van der Waals surface area contributed by atoms with Crippen LogP contribution in [0, 0.1) is 35.5 Å². The van der Waals surface area contributed by atoms with E-state index in [1.165, 1.54) is 77.0 Å². The highest BCUT2D eigenvalue weighted by atomic mass is 16.5. The number of rotatable bonds is 28. The first-order valence-corrected chi connectivity index (χ1v) is 18.0. The van der Waals surface area contributed by atoms with Crippen molar-refractivity contribution in [2.24, 2.45) is 35.5 Å². The molecule has 0 amide bonds. The second-order valence-corrected chi connectivity index (χ2v) is 13.5. The third kappa shape index (κ3) is 20.5. The summed E-state index contributed by atoms with van der Waals surface area (Å²) in [4.78, 5) is 25.2. The summed E-state index contributed by atoms with van der Waals surface area (Å²) in [6.07, 6.45) is 21.9. The largest absolute Gasteiger partial charge is 0.465 e. The Kier molecular flexibility index (Phi) is 25.9. The summed E-state index contributed by atoms with van der Waals surface area (Å²) < 4.78 is 11.5. The van der Waals surface area contributed by atoms with Crippen LogP contribution in [0.1, 0.15) is 177 Å². The van der Waals surface area contributed by atoms with Gasteiger partial charge < -0.3 is 9.47 Å². The summed E-state index contributed by atoms with van der Waals surface area (Å²) in [7, 11) is 0. The molecule has 4 atom stereocenters. The van der Waals surface area contributed by atoms with Crippen molar-refractivity contribution < 1.29 is 19.1 Å². The molecule has 0 aliphatic rings. The average Bonchev–Trinajstić information content (AvgIpc) is 2.94. The summed E-state index contributed by atoms with van der Waals surface area (Å²) >= 11 is 0. The number of esters is 2. The third-order valence-electron chi connectivity index (χ3n) is 9.25. The molecule has 41 heavy (non-hydrogen) atoms. The van der Waals surface area contributed by atoms with Gasteiger partial charge >= 0.3 is 11.9 Å². The number of carbonyl (C=O) groups excluding carboxylic acids is 2. The molecule has 0 aromatic carbocycles. The SMILES string of the molecule is CCCCC(CC)COC(=O)CCCCCCCCCCCC(C(C)C)C(C(=O)OCC(CC)CCCC)C(C)C. The molecule has 4 unspecified atom stereocenters. The van der Waals surface area contributed by atoms with Crippen LogP contribution < -0.4 is 0 Å². The zero-order valence-electron chi connectivity index (χ0n) is 28.9. The summed E-state index contributed by atoms with van der Waals surface area (Å²) in [5.41, 5.74) is 0. The molecule has 0 fully saturated rings. The lowest BCUT2D eigenvalue weighted by atomic mass is 9.74. The maximum absolute atomic E-state index is 13.2. The van der Waals surface area contributed by atoms with Gasteiger partial charge in [-0.15, -0.1) is 0 Å². The fraction of sp³-hybridized carbons (Fsp3) is 0.946. The molecule has 4 nitrogen and oxygen atoms in total. The summed E-state index contributed by atoms with van der Waals surface area (Å²) in [6, 6.07) is 0. The van der Waals surface area contributed by atoms with E-state index < -0.39 is 0 Å². The van der Waals surface area contributed by atoms with Crippen molar-refractivity contribution in [3.05, 3.63) is 0 Å². The molecule has 0 aromatic rings. The molecule has 0 saturated heterocycles. The number of ether oxygens (including phenoxy) is 2. The van der Waals surface area contributed by atoms with Gasteiger partial charge in [-0.05, 0) is 55.3 Å². The van der Waals surface area contributed by atoms with Crippen LogP contribution >= 0.6 is 0 Å². The van der Waals surface area contributed by atoms with Crippen LogP contribution in [-0.4, -0.2) is 25.2 Å². The topological polar surface area (TPSA) is 52.6 Å². The molecule has 0 saturated carbocycles. The van der Waals surface area contributed by atoms with Gasteiger partial charge in [0.05, 0.1) is 19.1 Å². The van der Waals surface area contributed by atoms with E-state index in [2.05, 4.69) is 55.4 Å². The predicted molar refractivity (Wildman–Crippen MR) is 176 cm³/mol. The van der Waals surface area contributed by atoms with Gasteiger partial charge in [0.2, 0.25) is 0 Å². The second kappa shape index (κ2) is 26.6. The standard InChI is InChI=1S/C37H72O4/c1-9-13-24-32(11-3)28-40-35(38)27-23-21-19-17-15-16-18-20-22-26-34(30(5)6)36(31(7)8)37(39)41-29-33(12-4)25-14-10-2/h30-34,36H,9-29H2,1-8H3. The Morgan fingerprint density at radius 1 is 0.537 bits per heavy atom. The maximum Gasteiger partial charge on any atom is 0.309 e. The number of hydrogen-bond acceptors (Lipinski definition) is 4. The molecular weight excluding hydrogens is 508 g/mol. The quantitative estimate of drug-likeness (QED) is 0.0682. The Morgan fingerprint density at radius 2 is 1.00 bits per heavy atom. The van der Waals surface area contributed by atoms with Crippen molar-refractivity contribution in [2.75, 3.05) is 13.2 Å². The smallest absolute Gasteiger partial charge is 0.309 e. The van der Waals surface area contributed by atoms with E-state index in [-0.39, 0.29) is 17.9 Å². The molecule has 0 aliphatic heterocycles. The zero-order valence-corrected chi connectivity index (χ0v) is 28.9. The number of unbranched alkanes of at least 4 members (excludes halogenated alkanes) is 10. The van der Waals surface area contributed by atoms with E-state index in [0.29, 0.717) is 49.2 Å². The highest BCUT2D eigenvalue weighted by molar-refractivity contribution is 5.73. The van der Waals surface area contributed by atoms with E-state index in [4.69, 9.17) is 9.47 Å². The van der Waals surface area contributed by atoms with Crippen molar-refractivity contribution in [1.82, 2.24) is 0 Å². The van der Waals surface area contributed by atoms with E-state index in [1.807, 2.05) is 0 Å². The fourth-order valence-corrected chi connectivity index (χ4v) is 6.13. The molecular formula is C37H72O4. The minimum Gasteiger partial charge on any atom is -0.465 e. The van der Waals surface area contributed by atoms with Gasteiger partial charge in [0.1, 0.15) is 0 Å². The lowest BCUT2D eigenvalue weighted by Crippen LogP contribution is -2.34. The molecule has 244 valence electrons. The zero-order chi connectivity index (χ0) is 30.9. The van der Waals surface area contributed by atoms with Gasteiger partial charge in [-0.1, -0.05) is 145 Å². The third-order valence-corrected chi connectivity index (χ3v) is 9.25. The van der Waals surface area contributed by atoms with Crippen LogP contribution in [0.5, 0.6) is 0 Å². The van der Waals surface area contributed by atoms with E-state index in [0.717, 1.165) is 38.5 Å². The van der Waals surface area contributed by atoms with Crippen LogP contribution in [0.4, 0.5) is 0 Å². The van der Waals surface area contributed by atoms with Gasteiger partial charge in [0, 0.05) is 6.42 Å². The minimum absolute atomic E-state index is 0.00472. The Morgan fingerprint density at radius 3 is 1.44 bits per heavy atom. The minimum atomic E-state index is -0.00949. The van der Waals surface area contributed by atoms with Gasteiger partial charge in [0.15, 0.2) is 0 Å². The fourth-order valence-electron chi connectivity index (χ4n) is 6.13. The summed E-state index contributed by atoms with van der Waals surface area (Å²) in [6.45, 7) is 19.0. The van der Waals surface area contributed by atoms with Crippen LogP contribution in [-0.2, 0) is 19.1 Å². The highest BCUT2D eigenvalue weighted by Gasteiger charge is 2.34. The van der Waals surface area contributed by atoms with E-state index in [1.54, 1.807) is 0 Å². The average molecular weight is 581 g/mol. The van der Waals surface area contributed by atoms with Crippen LogP contribution in [0.3, 0.4) is 0 Å². The molecule has 0 heterocycles. The van der Waals surface area contributed by atoms with Crippen LogP contribution in [0.2, 0.25) is 0 Å². The molecule has 0 aromatic heterocycles. The Balaban J connectivity index is 4.14. The molecule has 0 spiro atoms. The second-order valence-electron chi connectivity index (χ2n) is 13.5. The summed E-state index contributed by atoms with van der Waals surface area (Å²) in [5, 5.41) is 0. The molecule has 0 rings (SSSR count). The number of hydrogen-bond donors (Lipinski definition) is 0.